The summed E-state index contributed by atoms with van der Waals surface area (Å²) < 4.78 is 79.0. The minimum atomic E-state index is -4.85. The Morgan fingerprint density at radius 1 is 1.16 bits per heavy atom. The van der Waals surface area contributed by atoms with Crippen molar-refractivity contribution in [1.82, 2.24) is 20.5 Å². The zero-order valence-electron chi connectivity index (χ0n) is 16.7. The molecule has 0 aromatic carbocycles. The van der Waals surface area contributed by atoms with Gasteiger partial charge in [0.2, 0.25) is 5.91 Å². The highest BCUT2D eigenvalue weighted by Crippen LogP contribution is 2.43. The zero-order chi connectivity index (χ0) is 23.7. The number of carbonyl (C=O) groups is 2. The van der Waals surface area contributed by atoms with Crippen LogP contribution in [-0.4, -0.2) is 47.6 Å². The molecule has 0 bridgehead atoms. The topological polar surface area (TPSA) is 74.3 Å². The summed E-state index contributed by atoms with van der Waals surface area (Å²) in [5.41, 5.74) is -1.48. The molecule has 13 heteroatoms. The smallest absolute Gasteiger partial charge is 0.353 e. The van der Waals surface area contributed by atoms with Crippen LogP contribution in [0.5, 0.6) is 0 Å². The van der Waals surface area contributed by atoms with Crippen molar-refractivity contribution in [2.24, 2.45) is 11.8 Å². The number of hydrogen-bond donors (Lipinski definition) is 2. The average Bonchev–Trinajstić information content (AvgIpc) is 2.71. The van der Waals surface area contributed by atoms with Crippen molar-refractivity contribution in [1.29, 1.82) is 0 Å². The minimum Gasteiger partial charge on any atom is -0.353 e. The number of nitrogens with zero attached hydrogens (tertiary/aromatic N) is 2. The highest BCUT2D eigenvalue weighted by atomic mass is 35.5. The van der Waals surface area contributed by atoms with E-state index in [1.54, 1.807) is 0 Å². The molecule has 3 rings (SSSR count). The summed E-state index contributed by atoms with van der Waals surface area (Å²) in [5.74, 6) is -2.45. The second-order valence-electron chi connectivity index (χ2n) is 7.92. The number of piperazine rings is 1. The third kappa shape index (κ3) is 5.76. The first-order chi connectivity index (χ1) is 14.9. The second-order valence-corrected chi connectivity index (χ2v) is 8.32. The van der Waals surface area contributed by atoms with Crippen LogP contribution < -0.4 is 10.6 Å². The number of alkyl halides is 6. The number of carbonyl (C=O) groups excluding carboxylic acids is 2. The van der Waals surface area contributed by atoms with Crippen LogP contribution in [0.1, 0.15) is 43.1 Å². The number of nitrogens with one attached hydrogen (secondary N) is 2. The van der Waals surface area contributed by atoms with E-state index in [-0.39, 0.29) is 51.0 Å². The molecule has 1 unspecified atom stereocenters. The van der Waals surface area contributed by atoms with Gasteiger partial charge in [-0.1, -0.05) is 11.6 Å². The molecular weight excluding hydrogens is 466 g/mol. The van der Waals surface area contributed by atoms with E-state index in [2.05, 4.69) is 15.6 Å². The summed E-state index contributed by atoms with van der Waals surface area (Å²) in [5, 5.41) is 4.52. The van der Waals surface area contributed by atoms with Crippen LogP contribution in [0.2, 0.25) is 5.02 Å². The fraction of sp³-hybridized carbons (Fsp3) is 0.632. The van der Waals surface area contributed by atoms with Gasteiger partial charge in [0.15, 0.2) is 5.69 Å². The summed E-state index contributed by atoms with van der Waals surface area (Å²) in [6.45, 7) is 0.166. The summed E-state index contributed by atoms with van der Waals surface area (Å²) in [6.07, 6.45) is -9.52. The first kappa shape index (κ1) is 24.4. The van der Waals surface area contributed by atoms with E-state index in [9.17, 15) is 35.9 Å². The Balaban J connectivity index is 1.86. The Hall–Kier alpha value is -2.24. The molecule has 2 N–H and O–H groups in total. The molecule has 178 valence electrons. The summed E-state index contributed by atoms with van der Waals surface area (Å²) in [6, 6.07) is 0.455. The third-order valence-electron chi connectivity index (χ3n) is 5.77. The highest BCUT2D eigenvalue weighted by molar-refractivity contribution is 6.31. The number of urea groups is 1. The lowest BCUT2D eigenvalue weighted by Crippen LogP contribution is -2.54. The van der Waals surface area contributed by atoms with Gasteiger partial charge < -0.3 is 15.5 Å². The van der Waals surface area contributed by atoms with Gasteiger partial charge in [0.1, 0.15) is 6.54 Å². The molecule has 2 heterocycles. The average molecular weight is 487 g/mol. The van der Waals surface area contributed by atoms with Crippen LogP contribution in [0, 0.1) is 11.8 Å². The normalized spacial score (nSPS) is 23.5. The molecule has 1 atom stereocenters. The van der Waals surface area contributed by atoms with E-state index in [4.69, 9.17) is 11.6 Å². The number of aromatic nitrogens is 1. The number of rotatable bonds is 3. The Morgan fingerprint density at radius 2 is 1.81 bits per heavy atom. The van der Waals surface area contributed by atoms with Crippen molar-refractivity contribution in [3.8, 4) is 0 Å². The molecule has 32 heavy (non-hydrogen) atoms. The molecule has 1 aromatic rings. The van der Waals surface area contributed by atoms with Crippen molar-refractivity contribution in [3.63, 3.8) is 0 Å². The van der Waals surface area contributed by atoms with Crippen LogP contribution in [0.3, 0.4) is 0 Å². The third-order valence-corrected chi connectivity index (χ3v) is 6.07. The lowest BCUT2D eigenvalue weighted by atomic mass is 9.77. The van der Waals surface area contributed by atoms with Crippen LogP contribution >= 0.6 is 11.6 Å². The van der Waals surface area contributed by atoms with Crippen molar-refractivity contribution in [2.45, 2.75) is 44.1 Å². The monoisotopic (exact) mass is 486 g/mol. The Bertz CT molecular complexity index is 855. The van der Waals surface area contributed by atoms with Gasteiger partial charge in [-0.2, -0.15) is 26.3 Å². The molecule has 2 fully saturated rings. The number of pyridine rings is 1. The first-order valence-electron chi connectivity index (χ1n) is 9.98. The van der Waals surface area contributed by atoms with Crippen molar-refractivity contribution in [3.05, 3.63) is 28.5 Å². The Morgan fingerprint density at radius 3 is 2.38 bits per heavy atom. The predicted octanol–water partition coefficient (Wildman–Crippen LogP) is 4.31. The molecule has 1 saturated carbocycles. The van der Waals surface area contributed by atoms with Gasteiger partial charge in [0, 0.05) is 13.1 Å². The summed E-state index contributed by atoms with van der Waals surface area (Å²) >= 11 is 5.64. The van der Waals surface area contributed by atoms with Gasteiger partial charge in [-0.3, -0.25) is 4.79 Å². The Labute approximate surface area is 184 Å². The summed E-state index contributed by atoms with van der Waals surface area (Å²) in [7, 11) is 0. The maximum Gasteiger partial charge on any atom is 0.434 e. The predicted molar refractivity (Wildman–Crippen MR) is 102 cm³/mol. The molecule has 1 aliphatic carbocycles. The van der Waals surface area contributed by atoms with E-state index in [0.29, 0.717) is 0 Å². The largest absolute Gasteiger partial charge is 0.434 e. The quantitative estimate of drug-likeness (QED) is 0.625. The number of hydrogen-bond acceptors (Lipinski definition) is 3. The lowest BCUT2D eigenvalue weighted by molar-refractivity contribution is -0.184. The van der Waals surface area contributed by atoms with Crippen LogP contribution in [-0.2, 0) is 11.0 Å². The van der Waals surface area contributed by atoms with Crippen LogP contribution in [0.25, 0.3) is 0 Å². The Kier molecular flexibility index (Phi) is 7.11. The van der Waals surface area contributed by atoms with Crippen molar-refractivity contribution >= 4 is 23.5 Å². The van der Waals surface area contributed by atoms with E-state index in [0.717, 1.165) is 6.07 Å². The molecular formula is C19H21ClF6N4O2. The van der Waals surface area contributed by atoms with Crippen LogP contribution in [0.4, 0.5) is 31.1 Å². The molecule has 2 aliphatic rings. The molecule has 0 radical (unpaired) electrons. The fourth-order valence-corrected chi connectivity index (χ4v) is 4.29. The van der Waals surface area contributed by atoms with Gasteiger partial charge in [-0.25, -0.2) is 9.78 Å². The van der Waals surface area contributed by atoms with E-state index >= 15 is 0 Å². The van der Waals surface area contributed by atoms with Gasteiger partial charge in [-0.05, 0) is 43.7 Å². The molecule has 3 amide bonds. The van der Waals surface area contributed by atoms with Crippen LogP contribution in [0.15, 0.2) is 12.1 Å². The van der Waals surface area contributed by atoms with Gasteiger partial charge >= 0.3 is 18.4 Å². The highest BCUT2D eigenvalue weighted by Gasteiger charge is 2.44. The lowest BCUT2D eigenvalue weighted by Gasteiger charge is -2.36. The first-order valence-corrected chi connectivity index (χ1v) is 10.4. The molecule has 1 saturated heterocycles. The molecule has 0 spiro atoms. The van der Waals surface area contributed by atoms with E-state index in [1.807, 2.05) is 0 Å². The van der Waals surface area contributed by atoms with Gasteiger partial charge in [-0.15, -0.1) is 0 Å². The molecule has 6 nitrogen and oxygen atoms in total. The van der Waals surface area contributed by atoms with Gasteiger partial charge in [0.05, 0.1) is 22.7 Å². The van der Waals surface area contributed by atoms with Crippen molar-refractivity contribution in [2.75, 3.05) is 19.6 Å². The number of amides is 3. The maximum absolute atomic E-state index is 13.3. The zero-order valence-corrected chi connectivity index (χ0v) is 17.4. The minimum absolute atomic E-state index is 0.0429. The summed E-state index contributed by atoms with van der Waals surface area (Å²) in [4.78, 5) is 29.1. The SMILES string of the molecule is O=C1CN(C(=O)NC(c2ccc(Cl)c(C(F)(F)F)n2)[C@H]2CC[C@H](C(F)(F)F)CC2)CCN1. The maximum atomic E-state index is 13.3. The van der Waals surface area contributed by atoms with Gasteiger partial charge in [0.25, 0.3) is 0 Å². The fourth-order valence-electron chi connectivity index (χ4n) is 4.08. The van der Waals surface area contributed by atoms with E-state index < -0.39 is 52.9 Å². The second kappa shape index (κ2) is 9.32. The molecule has 1 aromatic heterocycles. The standard InChI is InChI=1S/C19H21ClF6N4O2/c20-12-5-6-13(28-16(12)19(24,25)26)15(10-1-3-11(4-2-10)18(21,22)23)29-17(32)30-8-7-27-14(31)9-30/h5-6,10-11,15H,1-4,7-9H2,(H,27,31)(H,29,32)/t10-,11-,15?. The number of halogens is 7. The molecule has 1 aliphatic heterocycles. The van der Waals surface area contributed by atoms with Crippen molar-refractivity contribution < 1.29 is 35.9 Å². The van der Waals surface area contributed by atoms with E-state index in [1.165, 1.54) is 11.0 Å².